The molecule has 0 rings (SSSR count). The molecular weight excluding hydrogens is 223 g/mol. The first-order valence-electron chi connectivity index (χ1n) is 7.52. The lowest BCUT2D eigenvalue weighted by atomic mass is 9.89. The maximum Gasteiger partial charge on any atom is 0.111 e. The van der Waals surface area contributed by atoms with Crippen molar-refractivity contribution in [3.8, 4) is 0 Å². The summed E-state index contributed by atoms with van der Waals surface area (Å²) in [6.07, 6.45) is 10.1. The molecule has 0 aliphatic carbocycles. The van der Waals surface area contributed by atoms with Gasteiger partial charge in [0, 0.05) is 0 Å². The summed E-state index contributed by atoms with van der Waals surface area (Å²) in [6, 6.07) is 0. The molecule has 0 fully saturated rings. The summed E-state index contributed by atoms with van der Waals surface area (Å²) in [6.45, 7) is 10.5. The Morgan fingerprint density at radius 2 is 1.78 bits per heavy atom. The van der Waals surface area contributed by atoms with Gasteiger partial charge in [-0.1, -0.05) is 66.0 Å². The largest absolute Gasteiger partial charge is 0.246 e. The number of rotatable bonds is 9. The van der Waals surface area contributed by atoms with E-state index >= 15 is 0 Å². The van der Waals surface area contributed by atoms with E-state index in [1.165, 1.54) is 31.3 Å². The Morgan fingerprint density at radius 1 is 1.11 bits per heavy atom. The van der Waals surface area contributed by atoms with Gasteiger partial charge >= 0.3 is 0 Å². The van der Waals surface area contributed by atoms with Gasteiger partial charge in [-0.05, 0) is 35.8 Å². The van der Waals surface area contributed by atoms with Gasteiger partial charge in [0.2, 0.25) is 0 Å². The SMILES string of the molecule is CCCCCC(C)C(/C=C\C(C)C)=C(\CC)CF. The van der Waals surface area contributed by atoms with Crippen molar-refractivity contribution >= 4 is 0 Å². The van der Waals surface area contributed by atoms with Crippen LogP contribution in [0.2, 0.25) is 0 Å². The Kier molecular flexibility index (Phi) is 10.0. The fourth-order valence-corrected chi connectivity index (χ4v) is 2.16. The summed E-state index contributed by atoms with van der Waals surface area (Å²) in [5.74, 6) is 1.01. The number of halogens is 1. The minimum atomic E-state index is -0.299. The molecule has 0 heterocycles. The first-order chi connectivity index (χ1) is 8.56. The van der Waals surface area contributed by atoms with E-state index < -0.39 is 0 Å². The van der Waals surface area contributed by atoms with Crippen molar-refractivity contribution in [3.63, 3.8) is 0 Å². The van der Waals surface area contributed by atoms with Gasteiger partial charge in [0.25, 0.3) is 0 Å². The van der Waals surface area contributed by atoms with Crippen LogP contribution in [0.1, 0.15) is 66.7 Å². The highest BCUT2D eigenvalue weighted by molar-refractivity contribution is 5.28. The van der Waals surface area contributed by atoms with E-state index in [0.717, 1.165) is 12.0 Å². The fraction of sp³-hybridized carbons (Fsp3) is 0.765. The first-order valence-corrected chi connectivity index (χ1v) is 7.52. The van der Waals surface area contributed by atoms with E-state index in [0.29, 0.717) is 11.8 Å². The van der Waals surface area contributed by atoms with Crippen LogP contribution in [-0.4, -0.2) is 6.67 Å². The highest BCUT2D eigenvalue weighted by Crippen LogP contribution is 2.25. The summed E-state index contributed by atoms with van der Waals surface area (Å²) in [7, 11) is 0. The van der Waals surface area contributed by atoms with Gasteiger partial charge in [-0.2, -0.15) is 0 Å². The molecular formula is C17H31F. The van der Waals surface area contributed by atoms with Crippen LogP contribution in [0.25, 0.3) is 0 Å². The normalized spacial score (nSPS) is 15.3. The molecule has 1 unspecified atom stereocenters. The smallest absolute Gasteiger partial charge is 0.111 e. The molecule has 1 atom stereocenters. The van der Waals surface area contributed by atoms with Crippen LogP contribution in [-0.2, 0) is 0 Å². The topological polar surface area (TPSA) is 0 Å². The summed E-state index contributed by atoms with van der Waals surface area (Å²) in [5.41, 5.74) is 2.22. The van der Waals surface area contributed by atoms with Crippen LogP contribution in [0.15, 0.2) is 23.3 Å². The lowest BCUT2D eigenvalue weighted by Crippen LogP contribution is -2.03. The van der Waals surface area contributed by atoms with E-state index in [4.69, 9.17) is 0 Å². The molecule has 0 saturated carbocycles. The van der Waals surface area contributed by atoms with Crippen molar-refractivity contribution in [2.45, 2.75) is 66.7 Å². The third-order valence-electron chi connectivity index (χ3n) is 3.43. The number of unbranched alkanes of at least 4 members (excludes halogenated alkanes) is 2. The van der Waals surface area contributed by atoms with E-state index in [2.05, 4.69) is 46.8 Å². The molecule has 0 nitrogen and oxygen atoms in total. The second kappa shape index (κ2) is 10.3. The first kappa shape index (κ1) is 17.4. The molecule has 0 amide bonds. The second-order valence-electron chi connectivity index (χ2n) is 5.55. The molecule has 0 aromatic carbocycles. The average molecular weight is 254 g/mol. The van der Waals surface area contributed by atoms with E-state index in [1.807, 2.05) is 0 Å². The van der Waals surface area contributed by atoms with E-state index in [1.54, 1.807) is 0 Å². The van der Waals surface area contributed by atoms with Gasteiger partial charge in [-0.3, -0.25) is 0 Å². The molecule has 18 heavy (non-hydrogen) atoms. The van der Waals surface area contributed by atoms with Crippen molar-refractivity contribution in [1.29, 1.82) is 0 Å². The van der Waals surface area contributed by atoms with Gasteiger partial charge in [-0.15, -0.1) is 0 Å². The standard InChI is InChI=1S/C17H31F/c1-6-8-9-10-15(5)17(12-11-14(3)4)16(7-2)13-18/h11-12,14-15H,6-10,13H2,1-5H3/b12-11-,17-16+. The highest BCUT2D eigenvalue weighted by Gasteiger charge is 2.11. The Labute approximate surface area is 113 Å². The predicted molar refractivity (Wildman–Crippen MR) is 80.6 cm³/mol. The van der Waals surface area contributed by atoms with Gasteiger partial charge in [0.05, 0.1) is 0 Å². The third-order valence-corrected chi connectivity index (χ3v) is 3.43. The van der Waals surface area contributed by atoms with Crippen molar-refractivity contribution in [2.75, 3.05) is 6.67 Å². The van der Waals surface area contributed by atoms with Crippen LogP contribution in [0, 0.1) is 11.8 Å². The summed E-state index contributed by atoms with van der Waals surface area (Å²) >= 11 is 0. The lowest BCUT2D eigenvalue weighted by molar-refractivity contribution is 0.512. The van der Waals surface area contributed by atoms with E-state index in [9.17, 15) is 4.39 Å². The molecule has 0 bridgehead atoms. The maximum absolute atomic E-state index is 13.1. The third kappa shape index (κ3) is 6.98. The minimum absolute atomic E-state index is 0.299. The lowest BCUT2D eigenvalue weighted by Gasteiger charge is -2.17. The van der Waals surface area contributed by atoms with Crippen LogP contribution < -0.4 is 0 Å². The molecule has 106 valence electrons. The van der Waals surface area contributed by atoms with Crippen LogP contribution in [0.5, 0.6) is 0 Å². The van der Waals surface area contributed by atoms with Crippen LogP contribution in [0.4, 0.5) is 4.39 Å². The Bertz CT molecular complexity index is 255. The Hall–Kier alpha value is -0.590. The number of hydrogen-bond acceptors (Lipinski definition) is 0. The molecule has 0 aliphatic rings. The number of allylic oxidation sites excluding steroid dienone is 4. The van der Waals surface area contributed by atoms with Gasteiger partial charge in [0.15, 0.2) is 0 Å². The zero-order valence-corrected chi connectivity index (χ0v) is 12.9. The maximum atomic E-state index is 13.1. The van der Waals surface area contributed by atoms with Crippen molar-refractivity contribution in [1.82, 2.24) is 0 Å². The monoisotopic (exact) mass is 254 g/mol. The highest BCUT2D eigenvalue weighted by atomic mass is 19.1. The Balaban J connectivity index is 4.80. The molecule has 0 spiro atoms. The summed E-state index contributed by atoms with van der Waals surface area (Å²) < 4.78 is 13.1. The number of alkyl halides is 1. The molecule has 0 aromatic heterocycles. The molecule has 0 N–H and O–H groups in total. The van der Waals surface area contributed by atoms with Gasteiger partial charge < -0.3 is 0 Å². The van der Waals surface area contributed by atoms with Crippen LogP contribution in [0.3, 0.4) is 0 Å². The Morgan fingerprint density at radius 3 is 2.22 bits per heavy atom. The van der Waals surface area contributed by atoms with Gasteiger partial charge in [-0.25, -0.2) is 4.39 Å². The van der Waals surface area contributed by atoms with Crippen LogP contribution >= 0.6 is 0 Å². The molecule has 0 radical (unpaired) electrons. The quantitative estimate of drug-likeness (QED) is 0.345. The molecule has 0 aromatic rings. The zero-order valence-electron chi connectivity index (χ0n) is 12.9. The van der Waals surface area contributed by atoms with Crippen molar-refractivity contribution in [2.24, 2.45) is 11.8 Å². The predicted octanol–water partition coefficient (Wildman–Crippen LogP) is 6.09. The van der Waals surface area contributed by atoms with Gasteiger partial charge in [0.1, 0.15) is 6.67 Å². The molecule has 0 saturated heterocycles. The summed E-state index contributed by atoms with van der Waals surface area (Å²) in [5, 5.41) is 0. The minimum Gasteiger partial charge on any atom is -0.246 e. The van der Waals surface area contributed by atoms with E-state index in [-0.39, 0.29) is 6.67 Å². The zero-order chi connectivity index (χ0) is 14.0. The number of hydrogen-bond donors (Lipinski definition) is 0. The van der Waals surface area contributed by atoms with Crippen molar-refractivity contribution in [3.05, 3.63) is 23.3 Å². The average Bonchev–Trinajstić information content (AvgIpc) is 2.34. The summed E-state index contributed by atoms with van der Waals surface area (Å²) in [4.78, 5) is 0. The van der Waals surface area contributed by atoms with Crippen molar-refractivity contribution < 1.29 is 4.39 Å². The molecule has 0 aliphatic heterocycles. The fourth-order valence-electron chi connectivity index (χ4n) is 2.16. The second-order valence-corrected chi connectivity index (χ2v) is 5.55. The molecule has 1 heteroatoms.